The molecule has 0 radical (unpaired) electrons. The Morgan fingerprint density at radius 1 is 1.27 bits per heavy atom. The van der Waals surface area contributed by atoms with Crippen LogP contribution in [0.4, 0.5) is 11.5 Å². The van der Waals surface area contributed by atoms with Crippen LogP contribution < -0.4 is 16.1 Å². The number of imidazole rings is 1. The van der Waals surface area contributed by atoms with Gasteiger partial charge in [0.25, 0.3) is 5.91 Å². The van der Waals surface area contributed by atoms with Crippen molar-refractivity contribution in [1.29, 1.82) is 0 Å². The van der Waals surface area contributed by atoms with Gasteiger partial charge in [-0.2, -0.15) is 5.11 Å². The Labute approximate surface area is 183 Å². The number of rotatable bonds is 12. The standard InChI is InChI=1S/C18H23Cl2N7O3/c1-30-18(29)14(24-26-25-17-15(16(21)28)22-11-23-17)10-12-2-4-13(5-3-12)27(8-6-19)9-7-20/h2-5,11,14H,6-10H2,1H3,(H2,21,28)(H,22,23)(H,24,25)/t14-/m0/s1. The van der Waals surface area contributed by atoms with Crippen LogP contribution in [0.3, 0.4) is 0 Å². The second-order valence-electron chi connectivity index (χ2n) is 6.09. The van der Waals surface area contributed by atoms with E-state index >= 15 is 0 Å². The van der Waals surface area contributed by atoms with Crippen molar-refractivity contribution in [3.63, 3.8) is 0 Å². The molecule has 0 aliphatic carbocycles. The maximum atomic E-state index is 12.1. The lowest BCUT2D eigenvalue weighted by Crippen LogP contribution is -2.27. The Kier molecular flexibility index (Phi) is 9.36. The molecule has 0 spiro atoms. The topological polar surface area (TPSA) is 138 Å². The van der Waals surface area contributed by atoms with E-state index in [0.29, 0.717) is 24.8 Å². The van der Waals surface area contributed by atoms with Gasteiger partial charge in [0, 0.05) is 37.0 Å². The number of ether oxygens (including phenoxy) is 1. The number of hydrogen-bond donors (Lipinski definition) is 3. The fourth-order valence-corrected chi connectivity index (χ4v) is 3.07. The van der Waals surface area contributed by atoms with Crippen LogP contribution in [-0.2, 0) is 16.0 Å². The highest BCUT2D eigenvalue weighted by Gasteiger charge is 2.20. The van der Waals surface area contributed by atoms with E-state index in [1.165, 1.54) is 13.4 Å². The molecule has 0 saturated carbocycles. The fourth-order valence-electron chi connectivity index (χ4n) is 2.66. The maximum Gasteiger partial charge on any atom is 0.332 e. The van der Waals surface area contributed by atoms with Crippen LogP contribution in [0.2, 0.25) is 0 Å². The Morgan fingerprint density at radius 3 is 2.50 bits per heavy atom. The highest BCUT2D eigenvalue weighted by Crippen LogP contribution is 2.18. The third-order valence-electron chi connectivity index (χ3n) is 4.15. The normalized spacial score (nSPS) is 12.0. The second-order valence-corrected chi connectivity index (χ2v) is 6.85. The molecule has 2 rings (SSSR count). The minimum atomic E-state index is -0.883. The molecule has 12 heteroatoms. The van der Waals surface area contributed by atoms with Crippen molar-refractivity contribution in [2.45, 2.75) is 12.5 Å². The van der Waals surface area contributed by atoms with Crippen LogP contribution in [0.1, 0.15) is 16.1 Å². The monoisotopic (exact) mass is 455 g/mol. The maximum absolute atomic E-state index is 12.1. The van der Waals surface area contributed by atoms with Gasteiger partial charge in [-0.3, -0.25) is 4.79 Å². The van der Waals surface area contributed by atoms with Crippen molar-refractivity contribution in [3.8, 4) is 0 Å². The number of benzene rings is 1. The van der Waals surface area contributed by atoms with E-state index in [9.17, 15) is 9.59 Å². The van der Waals surface area contributed by atoms with Crippen LogP contribution in [0.5, 0.6) is 0 Å². The van der Waals surface area contributed by atoms with Crippen molar-refractivity contribution in [1.82, 2.24) is 9.97 Å². The number of halogens is 2. The fraction of sp³-hybridized carbons (Fsp3) is 0.389. The summed E-state index contributed by atoms with van der Waals surface area (Å²) >= 11 is 11.7. The van der Waals surface area contributed by atoms with Crippen molar-refractivity contribution in [3.05, 3.63) is 41.9 Å². The van der Waals surface area contributed by atoms with E-state index in [2.05, 4.69) is 30.6 Å². The zero-order valence-corrected chi connectivity index (χ0v) is 17.9. The highest BCUT2D eigenvalue weighted by atomic mass is 35.5. The summed E-state index contributed by atoms with van der Waals surface area (Å²) in [5, 5.41) is 7.73. The first-order chi connectivity index (χ1) is 14.5. The molecule has 2 aromatic rings. The lowest BCUT2D eigenvalue weighted by molar-refractivity contribution is -0.142. The first-order valence-electron chi connectivity index (χ1n) is 9.02. The molecule has 162 valence electrons. The zero-order chi connectivity index (χ0) is 21.9. The van der Waals surface area contributed by atoms with Gasteiger partial charge in [0.2, 0.25) is 0 Å². The number of esters is 1. The number of amides is 1. The second kappa shape index (κ2) is 12.0. The molecule has 1 atom stereocenters. The number of methoxy groups -OCH3 is 1. The summed E-state index contributed by atoms with van der Waals surface area (Å²) in [5.41, 5.74) is 9.62. The number of nitrogens with one attached hydrogen (secondary N) is 2. The molecule has 1 aromatic heterocycles. The number of aromatic amines is 1. The van der Waals surface area contributed by atoms with E-state index in [0.717, 1.165) is 11.3 Å². The van der Waals surface area contributed by atoms with Gasteiger partial charge in [-0.1, -0.05) is 17.4 Å². The Hall–Kier alpha value is -2.85. The van der Waals surface area contributed by atoms with Crippen molar-refractivity contribution >= 4 is 46.6 Å². The van der Waals surface area contributed by atoms with Crippen molar-refractivity contribution in [2.24, 2.45) is 16.1 Å². The van der Waals surface area contributed by atoms with Gasteiger partial charge in [0.15, 0.2) is 11.9 Å². The van der Waals surface area contributed by atoms with Gasteiger partial charge in [-0.05, 0) is 17.7 Å². The molecule has 0 aliphatic rings. The van der Waals surface area contributed by atoms with Crippen LogP contribution in [0.15, 0.2) is 40.9 Å². The average molecular weight is 456 g/mol. The predicted octanol–water partition coefficient (Wildman–Crippen LogP) is 2.36. The lowest BCUT2D eigenvalue weighted by Gasteiger charge is -2.23. The number of nitrogens with two attached hydrogens (primary N) is 1. The zero-order valence-electron chi connectivity index (χ0n) is 16.3. The summed E-state index contributed by atoms with van der Waals surface area (Å²) in [6, 6.07) is 6.76. The molecular formula is C18H23Cl2N7O3. The average Bonchev–Trinajstić information content (AvgIpc) is 3.22. The molecular weight excluding hydrogens is 433 g/mol. The Balaban J connectivity index is 2.08. The number of primary amides is 1. The number of nitrogens with zero attached hydrogens (tertiary/aromatic N) is 4. The van der Waals surface area contributed by atoms with Crippen LogP contribution >= 0.6 is 23.2 Å². The largest absolute Gasteiger partial charge is 0.467 e. The van der Waals surface area contributed by atoms with Gasteiger partial charge >= 0.3 is 5.97 Å². The number of H-pyrrole nitrogens is 1. The summed E-state index contributed by atoms with van der Waals surface area (Å²) in [7, 11) is 1.27. The molecule has 0 unspecified atom stereocenters. The molecule has 0 saturated heterocycles. The number of aromatic nitrogens is 2. The predicted molar refractivity (Wildman–Crippen MR) is 115 cm³/mol. The summed E-state index contributed by atoms with van der Waals surface area (Å²) in [6.07, 6.45) is 1.56. The number of alkyl halides is 2. The van der Waals surface area contributed by atoms with Gasteiger partial charge in [-0.25, -0.2) is 15.2 Å². The number of hydrogen-bond acceptors (Lipinski definition) is 7. The van der Waals surface area contributed by atoms with E-state index in [1.54, 1.807) is 0 Å². The quantitative estimate of drug-likeness (QED) is 0.194. The van der Waals surface area contributed by atoms with Gasteiger partial charge in [0.05, 0.1) is 13.4 Å². The molecule has 1 aromatic carbocycles. The molecule has 1 amide bonds. The molecule has 10 nitrogen and oxygen atoms in total. The summed E-state index contributed by atoms with van der Waals surface area (Å²) in [4.78, 5) is 31.9. The van der Waals surface area contributed by atoms with E-state index < -0.39 is 17.9 Å². The summed E-state index contributed by atoms with van der Waals surface area (Å²) in [6.45, 7) is 1.36. The summed E-state index contributed by atoms with van der Waals surface area (Å²) < 4.78 is 4.81. The Morgan fingerprint density at radius 2 is 1.93 bits per heavy atom. The van der Waals surface area contributed by atoms with E-state index in [4.69, 9.17) is 33.7 Å². The molecule has 0 aliphatic heterocycles. The molecule has 30 heavy (non-hydrogen) atoms. The third-order valence-corrected chi connectivity index (χ3v) is 4.49. The van der Waals surface area contributed by atoms with Crippen LogP contribution in [-0.4, -0.2) is 59.8 Å². The highest BCUT2D eigenvalue weighted by molar-refractivity contribution is 6.18. The van der Waals surface area contributed by atoms with Gasteiger partial charge in [-0.15, -0.1) is 23.2 Å². The van der Waals surface area contributed by atoms with Crippen molar-refractivity contribution in [2.75, 3.05) is 42.3 Å². The molecule has 1 heterocycles. The first-order valence-corrected chi connectivity index (χ1v) is 10.1. The van der Waals surface area contributed by atoms with Gasteiger partial charge in [0.1, 0.15) is 5.69 Å². The molecule has 4 N–H and O–H groups in total. The molecule has 0 fully saturated rings. The number of anilines is 2. The summed E-state index contributed by atoms with van der Waals surface area (Å²) in [5.74, 6) is -0.161. The SMILES string of the molecule is COC(=O)[C@H](Cc1ccc(N(CCCl)CCCl)cc1)N=NNc1nc[nH]c1C(N)=O. The van der Waals surface area contributed by atoms with Crippen LogP contribution in [0, 0.1) is 0 Å². The van der Waals surface area contributed by atoms with Gasteiger partial charge < -0.3 is 20.4 Å². The van der Waals surface area contributed by atoms with E-state index in [1.807, 2.05) is 24.3 Å². The minimum Gasteiger partial charge on any atom is -0.467 e. The third kappa shape index (κ3) is 6.60. The first kappa shape index (κ1) is 23.4. The lowest BCUT2D eigenvalue weighted by atomic mass is 10.1. The Bertz CT molecular complexity index is 852. The number of carbonyl (C=O) groups is 2. The van der Waals surface area contributed by atoms with E-state index in [-0.39, 0.29) is 17.9 Å². The van der Waals surface area contributed by atoms with Crippen LogP contribution in [0.25, 0.3) is 0 Å². The number of carbonyl (C=O) groups excluding carboxylic acids is 2. The minimum absolute atomic E-state index is 0.0533. The molecule has 0 bridgehead atoms. The smallest absolute Gasteiger partial charge is 0.332 e. The van der Waals surface area contributed by atoms with Crippen molar-refractivity contribution < 1.29 is 14.3 Å².